The van der Waals surface area contributed by atoms with E-state index in [1.165, 1.54) is 10.5 Å². The molecule has 3 atom stereocenters. The highest BCUT2D eigenvalue weighted by Crippen LogP contribution is 2.29. The second-order valence-corrected chi connectivity index (χ2v) is 9.05. The Morgan fingerprint density at radius 1 is 1.27 bits per heavy atom. The predicted molar refractivity (Wildman–Crippen MR) is 117 cm³/mol. The maximum absolute atomic E-state index is 13.1. The number of piperidine rings is 2. The lowest BCUT2D eigenvalue weighted by atomic mass is 9.87. The summed E-state index contributed by atoms with van der Waals surface area (Å²) in [7, 11) is 0. The number of anilines is 1. The Bertz CT molecular complexity index is 922. The number of carboxylic acids is 1. The van der Waals surface area contributed by atoms with Crippen molar-refractivity contribution in [3.05, 3.63) is 23.4 Å². The van der Waals surface area contributed by atoms with Crippen LogP contribution >= 0.6 is 0 Å². The summed E-state index contributed by atoms with van der Waals surface area (Å²) in [6.45, 7) is 2.07. The van der Waals surface area contributed by atoms with E-state index in [1.54, 1.807) is 4.90 Å². The van der Waals surface area contributed by atoms with Gasteiger partial charge in [-0.15, -0.1) is 0 Å². The fourth-order valence-corrected chi connectivity index (χ4v) is 5.05. The van der Waals surface area contributed by atoms with Crippen molar-refractivity contribution in [3.8, 4) is 0 Å². The SMILES string of the molecule is O=COC1CN(C(=O)C2CCN(CC(=O)O)C(=O)C2)CCC1Cc1ccc2c(n1)NCCC2. The van der Waals surface area contributed by atoms with Crippen molar-refractivity contribution in [1.82, 2.24) is 14.8 Å². The molecule has 1 aromatic heterocycles. The van der Waals surface area contributed by atoms with Crippen LogP contribution in [-0.4, -0.2) is 83.0 Å². The van der Waals surface area contributed by atoms with Gasteiger partial charge in [0.1, 0.15) is 18.5 Å². The predicted octanol–water partition coefficient (Wildman–Crippen LogP) is 0.696. The average molecular weight is 459 g/mol. The average Bonchev–Trinajstić information content (AvgIpc) is 2.81. The van der Waals surface area contributed by atoms with Crippen LogP contribution in [0.1, 0.15) is 36.9 Å². The zero-order chi connectivity index (χ0) is 23.4. The van der Waals surface area contributed by atoms with Crippen molar-refractivity contribution in [2.24, 2.45) is 11.8 Å². The third-order valence-corrected chi connectivity index (χ3v) is 6.86. The van der Waals surface area contributed by atoms with E-state index in [4.69, 9.17) is 14.8 Å². The summed E-state index contributed by atoms with van der Waals surface area (Å²) in [5.74, 6) is -1.000. The number of rotatable bonds is 7. The zero-order valence-electron chi connectivity index (χ0n) is 18.6. The second kappa shape index (κ2) is 10.2. The summed E-state index contributed by atoms with van der Waals surface area (Å²) in [4.78, 5) is 55.1. The van der Waals surface area contributed by atoms with Crippen LogP contribution in [0.15, 0.2) is 12.1 Å². The van der Waals surface area contributed by atoms with Crippen LogP contribution in [0.3, 0.4) is 0 Å². The summed E-state index contributed by atoms with van der Waals surface area (Å²) in [6, 6.07) is 4.13. The van der Waals surface area contributed by atoms with Gasteiger partial charge in [0.15, 0.2) is 0 Å². The molecular formula is C23H30N4O6. The van der Waals surface area contributed by atoms with Crippen molar-refractivity contribution in [1.29, 1.82) is 0 Å². The number of amides is 2. The first-order chi connectivity index (χ1) is 15.9. The monoisotopic (exact) mass is 458 g/mol. The molecule has 3 aliphatic rings. The maximum atomic E-state index is 13.1. The molecule has 4 rings (SSSR count). The highest BCUT2D eigenvalue weighted by Gasteiger charge is 2.38. The Hall–Kier alpha value is -3.17. The third-order valence-electron chi connectivity index (χ3n) is 6.86. The van der Waals surface area contributed by atoms with Gasteiger partial charge in [-0.25, -0.2) is 4.98 Å². The molecule has 10 heteroatoms. The minimum Gasteiger partial charge on any atom is -0.480 e. The van der Waals surface area contributed by atoms with Crippen LogP contribution in [0.25, 0.3) is 0 Å². The van der Waals surface area contributed by atoms with Crippen LogP contribution in [-0.2, 0) is 36.8 Å². The first-order valence-electron chi connectivity index (χ1n) is 11.5. The Kier molecular flexibility index (Phi) is 7.10. The van der Waals surface area contributed by atoms with Gasteiger partial charge in [0.25, 0.3) is 6.47 Å². The number of hydrogen-bond donors (Lipinski definition) is 2. The molecule has 0 bridgehead atoms. The van der Waals surface area contributed by atoms with Crippen molar-refractivity contribution < 1.29 is 29.0 Å². The first-order valence-corrected chi connectivity index (χ1v) is 11.5. The first kappa shape index (κ1) is 23.0. The molecule has 2 fully saturated rings. The highest BCUT2D eigenvalue weighted by atomic mass is 16.5. The second-order valence-electron chi connectivity index (χ2n) is 9.05. The molecule has 0 saturated carbocycles. The number of nitrogens with zero attached hydrogens (tertiary/aromatic N) is 3. The molecule has 3 unspecified atom stereocenters. The fraction of sp³-hybridized carbons (Fsp3) is 0.609. The molecule has 1 aromatic rings. The lowest BCUT2D eigenvalue weighted by Crippen LogP contribution is -2.52. The number of aromatic nitrogens is 1. The standard InChI is InChI=1S/C23H30N4O6/c28-14-33-19-12-27(23(32)17-6-8-26(13-21(30)31)20(29)11-17)9-5-16(19)10-18-4-3-15-2-1-7-24-22(15)25-18/h3-4,14,16-17,19H,1-2,5-13H2,(H,24,25)(H,30,31). The lowest BCUT2D eigenvalue weighted by molar-refractivity contribution is -0.154. The van der Waals surface area contributed by atoms with E-state index < -0.39 is 18.0 Å². The van der Waals surface area contributed by atoms with Gasteiger partial charge in [0, 0.05) is 43.6 Å². The zero-order valence-corrected chi connectivity index (χ0v) is 18.6. The molecule has 2 saturated heterocycles. The molecule has 2 amide bonds. The smallest absolute Gasteiger partial charge is 0.323 e. The molecule has 4 heterocycles. The molecule has 0 spiro atoms. The normalized spacial score (nSPS) is 25.1. The van der Waals surface area contributed by atoms with Crippen LogP contribution in [0.5, 0.6) is 0 Å². The number of pyridine rings is 1. The van der Waals surface area contributed by atoms with Crippen molar-refractivity contribution >= 4 is 30.1 Å². The highest BCUT2D eigenvalue weighted by molar-refractivity contribution is 5.88. The Labute approximate surface area is 192 Å². The van der Waals surface area contributed by atoms with Crippen LogP contribution < -0.4 is 5.32 Å². The number of nitrogens with one attached hydrogen (secondary N) is 1. The van der Waals surface area contributed by atoms with Crippen LogP contribution in [0, 0.1) is 11.8 Å². The minimum atomic E-state index is -1.06. The van der Waals surface area contributed by atoms with E-state index in [2.05, 4.69) is 11.4 Å². The largest absolute Gasteiger partial charge is 0.480 e. The molecular weight excluding hydrogens is 428 g/mol. The Balaban J connectivity index is 1.36. The molecule has 0 radical (unpaired) electrons. The third kappa shape index (κ3) is 5.43. The number of aryl methyl sites for hydroxylation is 1. The number of likely N-dealkylation sites (tertiary alicyclic amines) is 2. The van der Waals surface area contributed by atoms with Crippen molar-refractivity contribution in [2.75, 3.05) is 38.0 Å². The number of hydrogen-bond acceptors (Lipinski definition) is 7. The summed E-state index contributed by atoms with van der Waals surface area (Å²) in [5, 5.41) is 12.2. The van der Waals surface area contributed by atoms with Crippen molar-refractivity contribution in [3.63, 3.8) is 0 Å². The molecule has 10 nitrogen and oxygen atoms in total. The molecule has 33 heavy (non-hydrogen) atoms. The summed E-state index contributed by atoms with van der Waals surface area (Å²) < 4.78 is 5.37. The van der Waals surface area contributed by atoms with Gasteiger partial charge in [0.2, 0.25) is 11.8 Å². The number of carboxylic acid groups (broad SMARTS) is 1. The quantitative estimate of drug-likeness (QED) is 0.571. The number of carbonyl (C=O) groups is 4. The van der Waals surface area contributed by atoms with Gasteiger partial charge >= 0.3 is 5.97 Å². The molecule has 178 valence electrons. The van der Waals surface area contributed by atoms with Gasteiger partial charge in [-0.1, -0.05) is 6.07 Å². The number of aliphatic carboxylic acids is 1. The minimum absolute atomic E-state index is 0.0112. The van der Waals surface area contributed by atoms with Gasteiger partial charge < -0.3 is 25.0 Å². The van der Waals surface area contributed by atoms with Gasteiger partial charge in [-0.3, -0.25) is 19.2 Å². The number of fused-ring (bicyclic) bond motifs is 1. The number of ether oxygens (including phenoxy) is 1. The lowest BCUT2D eigenvalue weighted by Gasteiger charge is -2.40. The molecule has 0 aliphatic carbocycles. The van der Waals surface area contributed by atoms with Crippen molar-refractivity contribution in [2.45, 2.75) is 44.6 Å². The van der Waals surface area contributed by atoms with Gasteiger partial charge in [0.05, 0.1) is 6.54 Å². The van der Waals surface area contributed by atoms with Crippen LogP contribution in [0.2, 0.25) is 0 Å². The summed E-state index contributed by atoms with van der Waals surface area (Å²) in [5.41, 5.74) is 2.15. The maximum Gasteiger partial charge on any atom is 0.323 e. The number of carbonyl (C=O) groups excluding carboxylic acids is 3. The van der Waals surface area contributed by atoms with Crippen LogP contribution in [0.4, 0.5) is 5.82 Å². The summed E-state index contributed by atoms with van der Waals surface area (Å²) >= 11 is 0. The molecule has 3 aliphatic heterocycles. The van der Waals surface area contributed by atoms with E-state index in [-0.39, 0.29) is 43.8 Å². The van der Waals surface area contributed by atoms with E-state index in [9.17, 15) is 19.2 Å². The molecule has 2 N–H and O–H groups in total. The fourth-order valence-electron chi connectivity index (χ4n) is 5.05. The summed E-state index contributed by atoms with van der Waals surface area (Å²) in [6.07, 6.45) is 3.45. The topological polar surface area (TPSA) is 129 Å². The van der Waals surface area contributed by atoms with E-state index in [0.29, 0.717) is 32.3 Å². The Morgan fingerprint density at radius 3 is 2.88 bits per heavy atom. The van der Waals surface area contributed by atoms with E-state index in [0.717, 1.165) is 30.9 Å². The van der Waals surface area contributed by atoms with Gasteiger partial charge in [-0.2, -0.15) is 0 Å². The Morgan fingerprint density at radius 2 is 2.12 bits per heavy atom. The van der Waals surface area contributed by atoms with E-state index >= 15 is 0 Å². The molecule has 0 aromatic carbocycles. The van der Waals surface area contributed by atoms with E-state index in [1.807, 2.05) is 6.07 Å². The van der Waals surface area contributed by atoms with Gasteiger partial charge in [-0.05, 0) is 43.7 Å².